The van der Waals surface area contributed by atoms with E-state index in [0.717, 1.165) is 44.3 Å². The molecule has 0 spiro atoms. The summed E-state index contributed by atoms with van der Waals surface area (Å²) in [6.45, 7) is 7.63. The van der Waals surface area contributed by atoms with E-state index in [1.807, 2.05) is 6.07 Å². The van der Waals surface area contributed by atoms with Crippen LogP contribution in [0.2, 0.25) is 0 Å². The number of rotatable bonds is 6. The van der Waals surface area contributed by atoms with Crippen LogP contribution in [0.4, 0.5) is 10.5 Å². The number of hydrogen-bond donors (Lipinski definition) is 2. The molecule has 1 aromatic carbocycles. The molecular weight excluding hydrogens is 396 g/mol. The van der Waals surface area contributed by atoms with Crippen LogP contribution in [0.25, 0.3) is 6.08 Å². The summed E-state index contributed by atoms with van der Waals surface area (Å²) in [5, 5.41) is 12.1. The fraction of sp³-hybridized carbons (Fsp3) is 0.522. The van der Waals surface area contributed by atoms with Crippen molar-refractivity contribution in [1.29, 1.82) is 5.26 Å². The van der Waals surface area contributed by atoms with Gasteiger partial charge in [-0.1, -0.05) is 0 Å². The fourth-order valence-corrected chi connectivity index (χ4v) is 3.95. The number of anilines is 1. The van der Waals surface area contributed by atoms with E-state index >= 15 is 0 Å². The van der Waals surface area contributed by atoms with E-state index in [4.69, 9.17) is 9.57 Å². The van der Waals surface area contributed by atoms with Crippen molar-refractivity contribution < 1.29 is 19.2 Å². The highest BCUT2D eigenvalue weighted by Gasteiger charge is 2.24. The van der Waals surface area contributed by atoms with Crippen molar-refractivity contribution in [3.63, 3.8) is 0 Å². The minimum Gasteiger partial charge on any atom is -0.442 e. The van der Waals surface area contributed by atoms with Crippen molar-refractivity contribution in [3.05, 3.63) is 34.4 Å². The van der Waals surface area contributed by atoms with Gasteiger partial charge in [0.15, 0.2) is 0 Å². The normalized spacial score (nSPS) is 15.5. The summed E-state index contributed by atoms with van der Waals surface area (Å²) in [4.78, 5) is 31.3. The molecule has 0 aromatic heterocycles. The second kappa shape index (κ2) is 9.84. The Bertz CT molecular complexity index is 880. The molecule has 166 valence electrons. The Labute approximate surface area is 183 Å². The fourth-order valence-electron chi connectivity index (χ4n) is 3.95. The van der Waals surface area contributed by atoms with E-state index in [0.29, 0.717) is 0 Å². The zero-order valence-electron chi connectivity index (χ0n) is 18.4. The molecule has 1 aromatic rings. The number of hydrogen-bond acceptors (Lipinski definition) is 6. The number of nitriles is 1. The third kappa shape index (κ3) is 6.22. The van der Waals surface area contributed by atoms with Gasteiger partial charge in [0, 0.05) is 25.3 Å². The Morgan fingerprint density at radius 3 is 2.42 bits per heavy atom. The highest BCUT2D eigenvalue weighted by molar-refractivity contribution is 6.01. The highest BCUT2D eigenvalue weighted by Crippen LogP contribution is 2.36. The first-order valence-electron chi connectivity index (χ1n) is 10.7. The molecule has 2 amide bonds. The van der Waals surface area contributed by atoms with Gasteiger partial charge in [0.1, 0.15) is 17.2 Å². The largest absolute Gasteiger partial charge is 0.442 e. The number of hydroxylamine groups is 1. The lowest BCUT2D eigenvalue weighted by molar-refractivity contribution is -0.117. The molecule has 0 aliphatic carbocycles. The Hall–Kier alpha value is -3.05. The van der Waals surface area contributed by atoms with Gasteiger partial charge in [-0.2, -0.15) is 10.7 Å². The van der Waals surface area contributed by atoms with Crippen LogP contribution in [0, 0.1) is 11.3 Å². The van der Waals surface area contributed by atoms with Gasteiger partial charge in [-0.05, 0) is 81.4 Å². The zero-order valence-corrected chi connectivity index (χ0v) is 18.4. The van der Waals surface area contributed by atoms with Gasteiger partial charge in [-0.3, -0.25) is 9.63 Å². The Kier molecular flexibility index (Phi) is 7.18. The van der Waals surface area contributed by atoms with Gasteiger partial charge >= 0.3 is 6.09 Å². The number of carbonyl (C=O) groups excluding carboxylic acids is 2. The Morgan fingerprint density at radius 2 is 1.84 bits per heavy atom. The van der Waals surface area contributed by atoms with Gasteiger partial charge in [0.05, 0.1) is 6.61 Å². The van der Waals surface area contributed by atoms with Crippen molar-refractivity contribution in [2.75, 3.05) is 31.1 Å². The number of benzene rings is 1. The van der Waals surface area contributed by atoms with Gasteiger partial charge in [0.25, 0.3) is 5.91 Å². The predicted octanol–water partition coefficient (Wildman–Crippen LogP) is 2.86. The average Bonchev–Trinajstić information content (AvgIpc) is 2.70. The molecule has 0 atom stereocenters. The van der Waals surface area contributed by atoms with Crippen molar-refractivity contribution in [2.24, 2.45) is 0 Å². The van der Waals surface area contributed by atoms with E-state index in [1.165, 1.54) is 16.8 Å². The molecule has 2 N–H and O–H groups in total. The molecule has 2 aliphatic heterocycles. The Balaban J connectivity index is 1.55. The van der Waals surface area contributed by atoms with Crippen molar-refractivity contribution >= 4 is 23.8 Å². The quantitative estimate of drug-likeness (QED) is 0.314. The first kappa shape index (κ1) is 22.6. The van der Waals surface area contributed by atoms with Crippen LogP contribution < -0.4 is 15.7 Å². The molecule has 31 heavy (non-hydrogen) atoms. The van der Waals surface area contributed by atoms with Crippen molar-refractivity contribution in [1.82, 2.24) is 10.8 Å². The van der Waals surface area contributed by atoms with Crippen molar-refractivity contribution in [2.45, 2.75) is 52.1 Å². The lowest BCUT2D eigenvalue weighted by Gasteiger charge is -2.37. The number of amides is 2. The highest BCUT2D eigenvalue weighted by atomic mass is 16.7. The van der Waals surface area contributed by atoms with Gasteiger partial charge in [0.2, 0.25) is 0 Å². The van der Waals surface area contributed by atoms with E-state index < -0.39 is 17.6 Å². The molecule has 0 bridgehead atoms. The maximum Gasteiger partial charge on any atom is 0.431 e. The lowest BCUT2D eigenvalue weighted by atomic mass is 9.89. The summed E-state index contributed by atoms with van der Waals surface area (Å²) < 4.78 is 5.04. The summed E-state index contributed by atoms with van der Waals surface area (Å²) >= 11 is 0. The minimum atomic E-state index is -0.702. The van der Waals surface area contributed by atoms with Gasteiger partial charge in [-0.25, -0.2) is 4.79 Å². The van der Waals surface area contributed by atoms with Crippen LogP contribution in [0.15, 0.2) is 17.7 Å². The predicted molar refractivity (Wildman–Crippen MR) is 117 cm³/mol. The molecular formula is C23H30N4O4. The zero-order chi connectivity index (χ0) is 22.4. The Morgan fingerprint density at radius 1 is 1.19 bits per heavy atom. The molecule has 0 saturated carbocycles. The number of carbonyl (C=O) groups is 2. The van der Waals surface area contributed by atoms with Crippen LogP contribution >= 0.6 is 0 Å². The monoisotopic (exact) mass is 426 g/mol. The average molecular weight is 427 g/mol. The second-order valence-electron chi connectivity index (χ2n) is 8.76. The summed E-state index contributed by atoms with van der Waals surface area (Å²) in [7, 11) is 0. The van der Waals surface area contributed by atoms with E-state index in [1.54, 1.807) is 26.8 Å². The SMILES string of the molecule is CC(C)(C)OC(=O)NOCCNC(=O)/C(C#N)=C/c1cc2c3c(c1)CCCN3CCC2. The summed E-state index contributed by atoms with van der Waals surface area (Å²) in [6.07, 6.45) is 5.24. The number of nitrogens with one attached hydrogen (secondary N) is 2. The van der Waals surface area contributed by atoms with Crippen LogP contribution in [-0.2, 0) is 27.2 Å². The van der Waals surface area contributed by atoms with E-state index in [2.05, 4.69) is 27.8 Å². The molecule has 2 heterocycles. The molecule has 8 nitrogen and oxygen atoms in total. The lowest BCUT2D eigenvalue weighted by Crippen LogP contribution is -2.35. The van der Waals surface area contributed by atoms with Crippen molar-refractivity contribution in [3.8, 4) is 6.07 Å². The minimum absolute atomic E-state index is 0.0377. The summed E-state index contributed by atoms with van der Waals surface area (Å²) in [5.41, 5.74) is 6.40. The standard InChI is InChI=1S/C23H30N4O4/c1-23(2,3)31-22(29)26-30-11-8-25-21(28)19(15-24)14-16-12-17-6-4-9-27-10-5-7-18(13-16)20(17)27/h12-14H,4-11H2,1-3H3,(H,25,28)(H,26,29)/b19-14+. The van der Waals surface area contributed by atoms with Gasteiger partial charge < -0.3 is 15.0 Å². The third-order valence-corrected chi connectivity index (χ3v) is 5.07. The first-order chi connectivity index (χ1) is 14.8. The maximum atomic E-state index is 12.4. The smallest absolute Gasteiger partial charge is 0.431 e. The van der Waals surface area contributed by atoms with Crippen LogP contribution in [0.3, 0.4) is 0 Å². The molecule has 0 saturated heterocycles. The molecule has 0 radical (unpaired) electrons. The molecule has 3 rings (SSSR count). The first-order valence-corrected chi connectivity index (χ1v) is 10.7. The number of ether oxygens (including phenoxy) is 1. The summed E-state index contributed by atoms with van der Waals surface area (Å²) in [5.74, 6) is -0.476. The topological polar surface area (TPSA) is 104 Å². The van der Waals surface area contributed by atoms with E-state index in [-0.39, 0.29) is 18.7 Å². The molecule has 8 heteroatoms. The second-order valence-corrected chi connectivity index (χ2v) is 8.76. The maximum absolute atomic E-state index is 12.4. The molecule has 2 aliphatic rings. The van der Waals surface area contributed by atoms with Crippen LogP contribution in [0.1, 0.15) is 50.3 Å². The molecule has 0 fully saturated rings. The third-order valence-electron chi connectivity index (χ3n) is 5.07. The van der Waals surface area contributed by atoms with Gasteiger partial charge in [-0.15, -0.1) is 0 Å². The van der Waals surface area contributed by atoms with Crippen LogP contribution in [0.5, 0.6) is 0 Å². The number of nitrogens with zero attached hydrogens (tertiary/aromatic N) is 2. The van der Waals surface area contributed by atoms with Crippen LogP contribution in [-0.4, -0.2) is 43.8 Å². The van der Waals surface area contributed by atoms with E-state index in [9.17, 15) is 14.9 Å². The summed E-state index contributed by atoms with van der Waals surface area (Å²) in [6, 6.07) is 6.17. The molecule has 0 unspecified atom stereocenters. The number of aryl methyl sites for hydroxylation is 2.